The first-order chi connectivity index (χ1) is 15.9. The third-order valence-corrected chi connectivity index (χ3v) is 4.83. The molecular formula is C23H23ClN4O5. The van der Waals surface area contributed by atoms with Crippen molar-refractivity contribution in [1.29, 1.82) is 0 Å². The third-order valence-electron chi connectivity index (χ3n) is 4.58. The summed E-state index contributed by atoms with van der Waals surface area (Å²) in [5.41, 5.74) is 0.970. The monoisotopic (exact) mass is 470 g/mol. The largest absolute Gasteiger partial charge is 0.461 e. The quantitative estimate of drug-likeness (QED) is 0.441. The average molecular weight is 471 g/mol. The first-order valence-corrected chi connectivity index (χ1v) is 10.7. The van der Waals surface area contributed by atoms with Gasteiger partial charge in [0.2, 0.25) is 11.6 Å². The van der Waals surface area contributed by atoms with Crippen LogP contribution in [0.2, 0.25) is 5.02 Å². The normalized spacial score (nSPS) is 10.5. The van der Waals surface area contributed by atoms with Crippen molar-refractivity contribution < 1.29 is 23.9 Å². The summed E-state index contributed by atoms with van der Waals surface area (Å²) in [6.07, 6.45) is 0. The summed E-state index contributed by atoms with van der Waals surface area (Å²) in [7, 11) is 0. The van der Waals surface area contributed by atoms with Crippen LogP contribution in [0.15, 0.2) is 54.6 Å². The molecule has 33 heavy (non-hydrogen) atoms. The molecule has 9 nitrogen and oxygen atoms in total. The van der Waals surface area contributed by atoms with Gasteiger partial charge in [-0.1, -0.05) is 47.1 Å². The maximum absolute atomic E-state index is 13.4. The van der Waals surface area contributed by atoms with Crippen LogP contribution in [0.5, 0.6) is 0 Å². The Morgan fingerprint density at radius 3 is 2.21 bits per heavy atom. The highest BCUT2D eigenvalue weighted by Crippen LogP contribution is 2.21. The van der Waals surface area contributed by atoms with Gasteiger partial charge in [0.1, 0.15) is 6.54 Å². The van der Waals surface area contributed by atoms with Crippen LogP contribution in [0, 0.1) is 0 Å². The second-order valence-electron chi connectivity index (χ2n) is 6.83. The van der Waals surface area contributed by atoms with Crippen molar-refractivity contribution in [2.75, 3.05) is 18.1 Å². The van der Waals surface area contributed by atoms with Crippen LogP contribution in [0.3, 0.4) is 0 Å². The molecule has 0 aliphatic heterocycles. The minimum atomic E-state index is -0.821. The molecule has 0 aliphatic carbocycles. The van der Waals surface area contributed by atoms with Gasteiger partial charge in [-0.2, -0.15) is 0 Å². The Morgan fingerprint density at radius 2 is 1.58 bits per heavy atom. The number of hydrogen-bond donors (Lipinski definition) is 0. The fourth-order valence-corrected chi connectivity index (χ4v) is 3.21. The maximum atomic E-state index is 13.4. The molecule has 10 heteroatoms. The number of ether oxygens (including phenoxy) is 2. The zero-order valence-corrected chi connectivity index (χ0v) is 19.0. The molecule has 3 rings (SSSR count). The van der Waals surface area contributed by atoms with E-state index in [2.05, 4.69) is 10.3 Å². The maximum Gasteiger partial charge on any atom is 0.361 e. The van der Waals surface area contributed by atoms with E-state index in [1.807, 2.05) is 30.3 Å². The zero-order chi connectivity index (χ0) is 23.8. The molecule has 1 heterocycles. The number of carbonyl (C=O) groups excluding carboxylic acids is 3. The smallest absolute Gasteiger partial charge is 0.361 e. The topological polar surface area (TPSA) is 104 Å². The summed E-state index contributed by atoms with van der Waals surface area (Å²) in [6, 6.07) is 16.2. The second kappa shape index (κ2) is 11.2. The Balaban J connectivity index is 1.94. The molecule has 0 bridgehead atoms. The van der Waals surface area contributed by atoms with E-state index >= 15 is 0 Å². The van der Waals surface area contributed by atoms with Crippen LogP contribution in [-0.2, 0) is 27.4 Å². The van der Waals surface area contributed by atoms with E-state index in [1.165, 1.54) is 4.90 Å². The van der Waals surface area contributed by atoms with Gasteiger partial charge in [-0.05, 0) is 43.7 Å². The van der Waals surface area contributed by atoms with E-state index in [0.29, 0.717) is 10.7 Å². The minimum Gasteiger partial charge on any atom is -0.461 e. The zero-order valence-electron chi connectivity index (χ0n) is 18.2. The predicted octanol–water partition coefficient (Wildman–Crippen LogP) is 3.52. The molecule has 1 amide bonds. The summed E-state index contributed by atoms with van der Waals surface area (Å²) in [6.45, 7) is 3.34. The van der Waals surface area contributed by atoms with Crippen LogP contribution in [-0.4, -0.2) is 46.1 Å². The lowest BCUT2D eigenvalue weighted by Gasteiger charge is -2.23. The number of amides is 1. The molecule has 0 saturated carbocycles. The van der Waals surface area contributed by atoms with Crippen molar-refractivity contribution in [3.8, 4) is 0 Å². The molecule has 0 fully saturated rings. The van der Waals surface area contributed by atoms with E-state index in [4.69, 9.17) is 21.1 Å². The van der Waals surface area contributed by atoms with Gasteiger partial charge < -0.3 is 14.4 Å². The lowest BCUT2D eigenvalue weighted by molar-refractivity contribution is -0.119. The van der Waals surface area contributed by atoms with E-state index in [0.717, 1.165) is 10.2 Å². The Kier molecular flexibility index (Phi) is 8.15. The molecule has 0 unspecified atom stereocenters. The summed E-state index contributed by atoms with van der Waals surface area (Å²) in [5.74, 6) is -2.02. The van der Waals surface area contributed by atoms with E-state index < -0.39 is 11.9 Å². The van der Waals surface area contributed by atoms with Gasteiger partial charge in [0, 0.05) is 10.7 Å². The highest BCUT2D eigenvalue weighted by atomic mass is 35.5. The number of rotatable bonds is 9. The number of benzene rings is 2. The number of aromatic nitrogens is 3. The number of carbonyl (C=O) groups is 3. The Hall–Kier alpha value is -3.72. The van der Waals surface area contributed by atoms with Gasteiger partial charge in [0.15, 0.2) is 5.69 Å². The number of anilines is 1. The number of hydrogen-bond acceptors (Lipinski definition) is 7. The molecule has 0 aliphatic rings. The van der Waals surface area contributed by atoms with E-state index in [-0.39, 0.29) is 43.6 Å². The average Bonchev–Trinajstić information content (AvgIpc) is 3.23. The van der Waals surface area contributed by atoms with Gasteiger partial charge in [0.25, 0.3) is 0 Å². The standard InChI is InChI=1S/C23H23ClN4O5/c1-3-32-22(30)20-21(23(31)33-4-2)28(26-25-20)15-19(29)27(14-16-8-6-5-7-9-16)18-12-10-17(24)11-13-18/h5-13H,3-4,14-15H2,1-2H3. The van der Waals surface area contributed by atoms with Crippen molar-refractivity contribution in [3.05, 3.63) is 76.6 Å². The Bertz CT molecular complexity index is 1120. The van der Waals surface area contributed by atoms with Crippen molar-refractivity contribution in [3.63, 3.8) is 0 Å². The van der Waals surface area contributed by atoms with Gasteiger partial charge in [-0.3, -0.25) is 4.79 Å². The summed E-state index contributed by atoms with van der Waals surface area (Å²) < 4.78 is 11.1. The molecule has 0 atom stereocenters. The first kappa shape index (κ1) is 23.9. The summed E-state index contributed by atoms with van der Waals surface area (Å²) in [5, 5.41) is 8.16. The third kappa shape index (κ3) is 5.95. The fraction of sp³-hybridized carbons (Fsp3) is 0.261. The second-order valence-corrected chi connectivity index (χ2v) is 7.26. The fourth-order valence-electron chi connectivity index (χ4n) is 3.09. The van der Waals surface area contributed by atoms with Crippen molar-refractivity contribution in [1.82, 2.24) is 15.0 Å². The van der Waals surface area contributed by atoms with Crippen LogP contribution in [0.25, 0.3) is 0 Å². The number of esters is 2. The van der Waals surface area contributed by atoms with Gasteiger partial charge in [-0.15, -0.1) is 5.10 Å². The number of nitrogens with zero attached hydrogens (tertiary/aromatic N) is 4. The van der Waals surface area contributed by atoms with Crippen LogP contribution >= 0.6 is 11.6 Å². The lowest BCUT2D eigenvalue weighted by atomic mass is 10.2. The SMILES string of the molecule is CCOC(=O)c1nnn(CC(=O)N(Cc2ccccc2)c2ccc(Cl)cc2)c1C(=O)OCC. The molecule has 0 radical (unpaired) electrons. The van der Waals surface area contributed by atoms with Crippen LogP contribution in [0.4, 0.5) is 5.69 Å². The minimum absolute atomic E-state index is 0.0745. The van der Waals surface area contributed by atoms with Gasteiger partial charge >= 0.3 is 11.9 Å². The lowest BCUT2D eigenvalue weighted by Crippen LogP contribution is -2.34. The molecular weight excluding hydrogens is 448 g/mol. The van der Waals surface area contributed by atoms with Crippen molar-refractivity contribution >= 4 is 35.1 Å². The van der Waals surface area contributed by atoms with E-state index in [1.54, 1.807) is 38.1 Å². The molecule has 0 spiro atoms. The highest BCUT2D eigenvalue weighted by molar-refractivity contribution is 6.30. The highest BCUT2D eigenvalue weighted by Gasteiger charge is 2.29. The molecule has 0 saturated heterocycles. The molecule has 0 N–H and O–H groups in total. The van der Waals surface area contributed by atoms with Crippen LogP contribution in [0.1, 0.15) is 40.4 Å². The number of halogens is 1. The Morgan fingerprint density at radius 1 is 0.939 bits per heavy atom. The predicted molar refractivity (Wildman–Crippen MR) is 121 cm³/mol. The van der Waals surface area contributed by atoms with Gasteiger partial charge in [0.05, 0.1) is 19.8 Å². The summed E-state index contributed by atoms with van der Waals surface area (Å²) >= 11 is 6.01. The van der Waals surface area contributed by atoms with Crippen molar-refractivity contribution in [2.24, 2.45) is 0 Å². The van der Waals surface area contributed by atoms with Gasteiger partial charge in [-0.25, -0.2) is 14.3 Å². The van der Waals surface area contributed by atoms with Crippen molar-refractivity contribution in [2.45, 2.75) is 26.9 Å². The molecule has 172 valence electrons. The molecule has 2 aromatic carbocycles. The molecule has 1 aromatic heterocycles. The Labute approximate surface area is 195 Å². The van der Waals surface area contributed by atoms with Crippen LogP contribution < -0.4 is 4.90 Å². The molecule has 3 aromatic rings. The summed E-state index contributed by atoms with van der Waals surface area (Å²) in [4.78, 5) is 39.7. The van der Waals surface area contributed by atoms with E-state index in [9.17, 15) is 14.4 Å². The first-order valence-electron chi connectivity index (χ1n) is 10.3.